The fourth-order valence-electron chi connectivity index (χ4n) is 2.68. The van der Waals surface area contributed by atoms with E-state index in [1.54, 1.807) is 0 Å². The van der Waals surface area contributed by atoms with Crippen molar-refractivity contribution in [2.45, 2.75) is 25.4 Å². The lowest BCUT2D eigenvalue weighted by Gasteiger charge is -2.37. The van der Waals surface area contributed by atoms with E-state index in [0.29, 0.717) is 12.6 Å². The lowest BCUT2D eigenvalue weighted by Crippen LogP contribution is -2.42. The molecule has 1 aliphatic rings. The molecule has 1 heterocycles. The highest BCUT2D eigenvalue weighted by Gasteiger charge is 2.23. The van der Waals surface area contributed by atoms with Crippen LogP contribution in [0.25, 0.3) is 0 Å². The van der Waals surface area contributed by atoms with E-state index in [9.17, 15) is 0 Å². The van der Waals surface area contributed by atoms with Crippen LogP contribution < -0.4 is 10.6 Å². The average molecular weight is 268 g/mol. The summed E-state index contributed by atoms with van der Waals surface area (Å²) < 4.78 is 0. The molecule has 3 nitrogen and oxygen atoms in total. The van der Waals surface area contributed by atoms with Crippen molar-refractivity contribution in [1.29, 1.82) is 0 Å². The van der Waals surface area contributed by atoms with Crippen LogP contribution in [0.2, 0.25) is 5.02 Å². The number of nitrogens with zero attached hydrogens (tertiary/aromatic N) is 2. The van der Waals surface area contributed by atoms with E-state index in [1.165, 1.54) is 12.8 Å². The van der Waals surface area contributed by atoms with Crippen molar-refractivity contribution in [3.8, 4) is 0 Å². The van der Waals surface area contributed by atoms with Gasteiger partial charge in [-0.3, -0.25) is 0 Å². The highest BCUT2D eigenvalue weighted by molar-refractivity contribution is 6.33. The molecule has 0 radical (unpaired) electrons. The second-order valence-electron chi connectivity index (χ2n) is 5.10. The largest absolute Gasteiger partial charge is 0.370 e. The summed E-state index contributed by atoms with van der Waals surface area (Å²) in [6.07, 6.45) is 2.37. The quantitative estimate of drug-likeness (QED) is 0.912. The van der Waals surface area contributed by atoms with Crippen LogP contribution in [-0.2, 0) is 6.54 Å². The molecule has 0 unspecified atom stereocenters. The standard InChI is InChI=1S/C14H22ClN3/c1-17-8-6-12(7-9-17)18(2)14-11(10-16)4-3-5-13(14)15/h3-5,12H,6-10,16H2,1-2H3. The Bertz CT molecular complexity index is 400. The molecule has 2 N–H and O–H groups in total. The van der Waals surface area contributed by atoms with E-state index in [4.69, 9.17) is 17.3 Å². The number of halogens is 1. The molecule has 0 aliphatic carbocycles. The molecule has 0 saturated carbocycles. The first-order valence-corrected chi connectivity index (χ1v) is 6.90. The maximum atomic E-state index is 6.34. The summed E-state index contributed by atoms with van der Waals surface area (Å²) in [6, 6.07) is 6.54. The summed E-state index contributed by atoms with van der Waals surface area (Å²) in [5.41, 5.74) is 8.05. The third-order valence-corrected chi connectivity index (χ3v) is 4.18. The summed E-state index contributed by atoms with van der Waals surface area (Å²) >= 11 is 6.34. The van der Waals surface area contributed by atoms with Gasteiger partial charge in [-0.05, 0) is 44.6 Å². The zero-order valence-corrected chi connectivity index (χ0v) is 12.0. The highest BCUT2D eigenvalue weighted by Crippen LogP contribution is 2.32. The predicted octanol–water partition coefficient (Wildman–Crippen LogP) is 2.33. The first-order chi connectivity index (χ1) is 8.63. The van der Waals surface area contributed by atoms with Crippen LogP contribution in [0.15, 0.2) is 18.2 Å². The Hall–Kier alpha value is -0.770. The molecule has 1 aromatic rings. The van der Waals surface area contributed by atoms with Crippen LogP contribution in [-0.4, -0.2) is 38.1 Å². The zero-order valence-electron chi connectivity index (χ0n) is 11.2. The smallest absolute Gasteiger partial charge is 0.0642 e. The molecular weight excluding hydrogens is 246 g/mol. The van der Waals surface area contributed by atoms with Crippen LogP contribution in [0.4, 0.5) is 5.69 Å². The van der Waals surface area contributed by atoms with Crippen molar-refractivity contribution in [3.63, 3.8) is 0 Å². The van der Waals surface area contributed by atoms with Gasteiger partial charge in [0.25, 0.3) is 0 Å². The Morgan fingerprint density at radius 1 is 1.39 bits per heavy atom. The third kappa shape index (κ3) is 2.79. The van der Waals surface area contributed by atoms with Crippen molar-refractivity contribution >= 4 is 17.3 Å². The first-order valence-electron chi connectivity index (χ1n) is 6.52. The maximum absolute atomic E-state index is 6.34. The second-order valence-corrected chi connectivity index (χ2v) is 5.50. The number of anilines is 1. The van der Waals surface area contributed by atoms with E-state index in [2.05, 4.69) is 30.0 Å². The number of piperidine rings is 1. The molecule has 1 fully saturated rings. The van der Waals surface area contributed by atoms with E-state index in [1.807, 2.05) is 12.1 Å². The van der Waals surface area contributed by atoms with Crippen LogP contribution in [0.1, 0.15) is 18.4 Å². The molecular formula is C14H22ClN3. The Morgan fingerprint density at radius 3 is 2.67 bits per heavy atom. The summed E-state index contributed by atoms with van der Waals surface area (Å²) in [5, 5.41) is 0.805. The normalized spacial score (nSPS) is 18.0. The molecule has 100 valence electrons. The monoisotopic (exact) mass is 267 g/mol. The topological polar surface area (TPSA) is 32.5 Å². The van der Waals surface area contributed by atoms with Gasteiger partial charge in [0.15, 0.2) is 0 Å². The van der Waals surface area contributed by atoms with Gasteiger partial charge in [0, 0.05) is 19.6 Å². The Balaban J connectivity index is 2.20. The highest BCUT2D eigenvalue weighted by atomic mass is 35.5. The number of nitrogens with two attached hydrogens (primary N) is 1. The third-order valence-electron chi connectivity index (χ3n) is 3.88. The van der Waals surface area contributed by atoms with E-state index >= 15 is 0 Å². The van der Waals surface area contributed by atoms with Crippen molar-refractivity contribution in [2.24, 2.45) is 5.73 Å². The minimum absolute atomic E-state index is 0.535. The maximum Gasteiger partial charge on any atom is 0.0642 e. The van der Waals surface area contributed by atoms with Gasteiger partial charge < -0.3 is 15.5 Å². The van der Waals surface area contributed by atoms with Gasteiger partial charge in [-0.1, -0.05) is 23.7 Å². The van der Waals surface area contributed by atoms with Crippen molar-refractivity contribution in [2.75, 3.05) is 32.1 Å². The lowest BCUT2D eigenvalue weighted by molar-refractivity contribution is 0.253. The van der Waals surface area contributed by atoms with Gasteiger partial charge in [-0.15, -0.1) is 0 Å². The van der Waals surface area contributed by atoms with Crippen LogP contribution in [0, 0.1) is 0 Å². The minimum atomic E-state index is 0.535. The van der Waals surface area contributed by atoms with E-state index in [-0.39, 0.29) is 0 Å². The Morgan fingerprint density at radius 2 is 2.06 bits per heavy atom. The van der Waals surface area contributed by atoms with Crippen LogP contribution in [0.5, 0.6) is 0 Å². The van der Waals surface area contributed by atoms with Crippen LogP contribution >= 0.6 is 11.6 Å². The number of para-hydroxylation sites is 1. The molecule has 4 heteroatoms. The minimum Gasteiger partial charge on any atom is -0.370 e. The van der Waals surface area contributed by atoms with Crippen molar-refractivity contribution in [1.82, 2.24) is 4.90 Å². The molecule has 1 saturated heterocycles. The Labute approximate surface area is 115 Å². The Kier molecular flexibility index (Phi) is 4.49. The zero-order chi connectivity index (χ0) is 13.1. The molecule has 0 spiro atoms. The fourth-order valence-corrected chi connectivity index (χ4v) is 3.01. The first kappa shape index (κ1) is 13.7. The van der Waals surface area contributed by atoms with Gasteiger partial charge >= 0.3 is 0 Å². The molecule has 0 amide bonds. The fraction of sp³-hybridized carbons (Fsp3) is 0.571. The molecule has 1 aromatic carbocycles. The summed E-state index contributed by atoms with van der Waals surface area (Å²) in [5.74, 6) is 0. The van der Waals surface area contributed by atoms with Gasteiger partial charge in [-0.25, -0.2) is 0 Å². The van der Waals surface area contributed by atoms with E-state index in [0.717, 1.165) is 29.4 Å². The second kappa shape index (κ2) is 5.91. The van der Waals surface area contributed by atoms with Gasteiger partial charge in [0.1, 0.15) is 0 Å². The summed E-state index contributed by atoms with van der Waals surface area (Å²) in [7, 11) is 4.31. The van der Waals surface area contributed by atoms with Crippen LogP contribution in [0.3, 0.4) is 0 Å². The molecule has 18 heavy (non-hydrogen) atoms. The number of likely N-dealkylation sites (tertiary alicyclic amines) is 1. The van der Waals surface area contributed by atoms with Gasteiger partial charge in [0.2, 0.25) is 0 Å². The SMILES string of the molecule is CN1CCC(N(C)c2c(Cl)cccc2CN)CC1. The number of hydrogen-bond acceptors (Lipinski definition) is 3. The molecule has 1 aliphatic heterocycles. The summed E-state index contributed by atoms with van der Waals surface area (Å²) in [4.78, 5) is 4.69. The average Bonchev–Trinajstić information content (AvgIpc) is 2.38. The lowest BCUT2D eigenvalue weighted by atomic mass is 10.0. The van der Waals surface area contributed by atoms with E-state index < -0.39 is 0 Å². The van der Waals surface area contributed by atoms with Gasteiger partial charge in [0.05, 0.1) is 10.7 Å². The van der Waals surface area contributed by atoms with Gasteiger partial charge in [-0.2, -0.15) is 0 Å². The number of benzene rings is 1. The molecule has 0 bridgehead atoms. The predicted molar refractivity (Wildman–Crippen MR) is 78.3 cm³/mol. The number of hydrogen-bond donors (Lipinski definition) is 1. The molecule has 2 rings (SSSR count). The molecule has 0 atom stereocenters. The molecule has 0 aromatic heterocycles. The summed E-state index contributed by atoms with van der Waals surface area (Å²) in [6.45, 7) is 2.84. The number of rotatable bonds is 3. The van der Waals surface area contributed by atoms with Crippen molar-refractivity contribution in [3.05, 3.63) is 28.8 Å². The van der Waals surface area contributed by atoms with Crippen molar-refractivity contribution < 1.29 is 0 Å².